The molecule has 88 valence electrons. The van der Waals surface area contributed by atoms with Crippen molar-refractivity contribution in [2.75, 3.05) is 13.1 Å². The zero-order valence-electron chi connectivity index (χ0n) is 9.08. The maximum Gasteiger partial charge on any atom is 0.323 e. The number of aliphatic carboxylic acids is 1. The first kappa shape index (κ1) is 12.6. The second-order valence-corrected chi connectivity index (χ2v) is 4.37. The van der Waals surface area contributed by atoms with Gasteiger partial charge < -0.3 is 10.0 Å². The van der Waals surface area contributed by atoms with Gasteiger partial charge in [0.15, 0.2) is 5.69 Å². The average molecular weight is 243 g/mol. The molecule has 0 saturated heterocycles. The largest absolute Gasteiger partial charge is 0.480 e. The number of nitrogens with zero attached hydrogens (tertiary/aromatic N) is 3. The number of carboxylic acids is 1. The number of amides is 1. The fraction of sp³-hybridized carbons (Fsp3) is 0.556. The van der Waals surface area contributed by atoms with E-state index in [4.69, 9.17) is 5.11 Å². The molecule has 1 N–H and O–H groups in total. The number of hydrogen-bond acceptors (Lipinski definition) is 5. The van der Waals surface area contributed by atoms with E-state index in [1.165, 1.54) is 10.3 Å². The number of carbonyl (C=O) groups excluding carboxylic acids is 1. The van der Waals surface area contributed by atoms with Gasteiger partial charge in [-0.3, -0.25) is 9.59 Å². The van der Waals surface area contributed by atoms with Crippen LogP contribution < -0.4 is 0 Å². The highest BCUT2D eigenvalue weighted by molar-refractivity contribution is 7.03. The Morgan fingerprint density at radius 3 is 2.69 bits per heavy atom. The SMILES string of the molecule is CC(C)CN(CC(=O)O)C(=O)c1csnn1. The lowest BCUT2D eigenvalue weighted by atomic mass is 10.2. The van der Waals surface area contributed by atoms with Crippen molar-refractivity contribution >= 4 is 23.4 Å². The second-order valence-electron chi connectivity index (χ2n) is 3.76. The third-order valence-electron chi connectivity index (χ3n) is 1.78. The number of hydrogen-bond donors (Lipinski definition) is 1. The van der Waals surface area contributed by atoms with E-state index in [0.717, 1.165) is 11.5 Å². The van der Waals surface area contributed by atoms with E-state index in [2.05, 4.69) is 9.59 Å². The molecule has 0 unspecified atom stereocenters. The first-order valence-electron chi connectivity index (χ1n) is 4.78. The molecule has 0 saturated carbocycles. The molecule has 16 heavy (non-hydrogen) atoms. The Balaban J connectivity index is 2.75. The van der Waals surface area contributed by atoms with Crippen LogP contribution in [-0.4, -0.2) is 44.6 Å². The Labute approximate surface area is 97.1 Å². The molecule has 1 aromatic rings. The molecule has 1 aromatic heterocycles. The molecule has 1 heterocycles. The molecular formula is C9H13N3O3S. The van der Waals surface area contributed by atoms with Gasteiger partial charge in [0.25, 0.3) is 5.91 Å². The maximum atomic E-state index is 11.8. The van der Waals surface area contributed by atoms with Gasteiger partial charge in [-0.05, 0) is 17.5 Å². The maximum absolute atomic E-state index is 11.8. The zero-order chi connectivity index (χ0) is 12.1. The van der Waals surface area contributed by atoms with Crippen LogP contribution in [0.5, 0.6) is 0 Å². The summed E-state index contributed by atoms with van der Waals surface area (Å²) in [6, 6.07) is 0. The predicted octanol–water partition coefficient (Wildman–Crippen LogP) is 0.721. The highest BCUT2D eigenvalue weighted by Crippen LogP contribution is 2.06. The molecule has 6 nitrogen and oxygen atoms in total. The molecule has 0 fully saturated rings. The van der Waals surface area contributed by atoms with E-state index in [-0.39, 0.29) is 24.1 Å². The van der Waals surface area contributed by atoms with Crippen LogP contribution in [0.3, 0.4) is 0 Å². The normalized spacial score (nSPS) is 10.4. The summed E-state index contributed by atoms with van der Waals surface area (Å²) < 4.78 is 3.58. The second kappa shape index (κ2) is 5.55. The first-order valence-corrected chi connectivity index (χ1v) is 5.62. The van der Waals surface area contributed by atoms with Crippen molar-refractivity contribution in [3.8, 4) is 0 Å². The summed E-state index contributed by atoms with van der Waals surface area (Å²) in [7, 11) is 0. The summed E-state index contributed by atoms with van der Waals surface area (Å²) >= 11 is 1.07. The Hall–Kier alpha value is -1.50. The average Bonchev–Trinajstić information content (AvgIpc) is 2.66. The zero-order valence-corrected chi connectivity index (χ0v) is 9.90. The van der Waals surface area contributed by atoms with Gasteiger partial charge in [0.2, 0.25) is 0 Å². The van der Waals surface area contributed by atoms with E-state index >= 15 is 0 Å². The van der Waals surface area contributed by atoms with E-state index < -0.39 is 5.97 Å². The lowest BCUT2D eigenvalue weighted by molar-refractivity contribution is -0.137. The molecule has 0 aliphatic heterocycles. The van der Waals surface area contributed by atoms with Crippen LogP contribution in [0.4, 0.5) is 0 Å². The van der Waals surface area contributed by atoms with Crippen LogP contribution in [-0.2, 0) is 4.79 Å². The van der Waals surface area contributed by atoms with Crippen molar-refractivity contribution in [3.63, 3.8) is 0 Å². The Kier molecular flexibility index (Phi) is 4.36. The topological polar surface area (TPSA) is 83.4 Å². The van der Waals surface area contributed by atoms with Crippen molar-refractivity contribution in [3.05, 3.63) is 11.1 Å². The summed E-state index contributed by atoms with van der Waals surface area (Å²) in [5.41, 5.74) is 0.201. The van der Waals surface area contributed by atoms with E-state index in [1.807, 2.05) is 13.8 Å². The fourth-order valence-corrected chi connectivity index (χ4v) is 1.67. The van der Waals surface area contributed by atoms with Gasteiger partial charge in [0, 0.05) is 11.9 Å². The van der Waals surface area contributed by atoms with Crippen molar-refractivity contribution in [1.82, 2.24) is 14.5 Å². The van der Waals surface area contributed by atoms with Gasteiger partial charge in [0.1, 0.15) is 6.54 Å². The van der Waals surface area contributed by atoms with Gasteiger partial charge in [-0.15, -0.1) is 5.10 Å². The predicted molar refractivity (Wildman–Crippen MR) is 58.3 cm³/mol. The van der Waals surface area contributed by atoms with Crippen molar-refractivity contribution in [1.29, 1.82) is 0 Å². The van der Waals surface area contributed by atoms with Gasteiger partial charge in [0.05, 0.1) is 0 Å². The standard InChI is InChI=1S/C9H13N3O3S/c1-6(2)3-12(4-8(13)14)9(15)7-5-16-11-10-7/h5-6H,3-4H2,1-2H3,(H,13,14). The minimum absolute atomic E-state index is 0.201. The van der Waals surface area contributed by atoms with Crippen molar-refractivity contribution in [2.24, 2.45) is 5.92 Å². The number of rotatable bonds is 5. The summed E-state index contributed by atoms with van der Waals surface area (Å²) in [5.74, 6) is -1.21. The molecule has 1 rings (SSSR count). The molecule has 0 radical (unpaired) electrons. The molecule has 1 amide bonds. The lowest BCUT2D eigenvalue weighted by Gasteiger charge is -2.21. The fourth-order valence-electron chi connectivity index (χ4n) is 1.24. The third-order valence-corrected chi connectivity index (χ3v) is 2.28. The Bertz CT molecular complexity index is 364. The molecule has 0 bridgehead atoms. The molecule has 0 atom stereocenters. The first-order chi connectivity index (χ1) is 7.50. The molecular weight excluding hydrogens is 230 g/mol. The summed E-state index contributed by atoms with van der Waals surface area (Å²) in [5, 5.41) is 13.9. The van der Waals surface area contributed by atoms with Crippen molar-refractivity contribution < 1.29 is 14.7 Å². The molecule has 0 spiro atoms. The third kappa shape index (κ3) is 3.58. The van der Waals surface area contributed by atoms with Gasteiger partial charge >= 0.3 is 5.97 Å². The van der Waals surface area contributed by atoms with Crippen LogP contribution in [0.2, 0.25) is 0 Å². The van der Waals surface area contributed by atoms with Crippen LogP contribution in [0, 0.1) is 5.92 Å². The quantitative estimate of drug-likeness (QED) is 0.823. The molecule has 0 aliphatic rings. The molecule has 0 aromatic carbocycles. The van der Waals surface area contributed by atoms with Crippen molar-refractivity contribution in [2.45, 2.75) is 13.8 Å². The number of aromatic nitrogens is 2. The smallest absolute Gasteiger partial charge is 0.323 e. The Morgan fingerprint density at radius 2 is 2.25 bits per heavy atom. The van der Waals surface area contributed by atoms with E-state index in [1.54, 1.807) is 0 Å². The highest BCUT2D eigenvalue weighted by Gasteiger charge is 2.21. The monoisotopic (exact) mass is 243 g/mol. The van der Waals surface area contributed by atoms with Gasteiger partial charge in [-0.1, -0.05) is 18.3 Å². The molecule has 0 aliphatic carbocycles. The van der Waals surface area contributed by atoms with Crippen LogP contribution >= 0.6 is 11.5 Å². The number of carboxylic acid groups (broad SMARTS) is 1. The minimum atomic E-state index is -1.03. The summed E-state index contributed by atoms with van der Waals surface area (Å²) in [6.45, 7) is 3.92. The lowest BCUT2D eigenvalue weighted by Crippen LogP contribution is -2.38. The van der Waals surface area contributed by atoms with Crippen LogP contribution in [0.1, 0.15) is 24.3 Å². The number of carbonyl (C=O) groups is 2. The van der Waals surface area contributed by atoms with E-state index in [0.29, 0.717) is 6.54 Å². The van der Waals surface area contributed by atoms with E-state index in [9.17, 15) is 9.59 Å². The van der Waals surface area contributed by atoms with Gasteiger partial charge in [-0.25, -0.2) is 0 Å². The summed E-state index contributed by atoms with van der Waals surface area (Å²) in [6.07, 6.45) is 0. The minimum Gasteiger partial charge on any atom is -0.480 e. The van der Waals surface area contributed by atoms with Crippen LogP contribution in [0.25, 0.3) is 0 Å². The highest BCUT2D eigenvalue weighted by atomic mass is 32.1. The van der Waals surface area contributed by atoms with Gasteiger partial charge in [-0.2, -0.15) is 0 Å². The van der Waals surface area contributed by atoms with Crippen LogP contribution in [0.15, 0.2) is 5.38 Å². The molecule has 7 heteroatoms. The Morgan fingerprint density at radius 1 is 1.56 bits per heavy atom. The summed E-state index contributed by atoms with van der Waals surface area (Å²) in [4.78, 5) is 23.7.